The third kappa shape index (κ3) is 2.57. The topological polar surface area (TPSA) is 34.5 Å². The Hall–Kier alpha value is -1.32. The number of aromatic nitrogens is 1. The number of fused-ring (bicyclic) bond motifs is 1. The molecule has 0 unspecified atom stereocenters. The van der Waals surface area contributed by atoms with E-state index in [4.69, 9.17) is 20.6 Å². The smallest absolute Gasteiger partial charge is 0.410 e. The first-order chi connectivity index (χ1) is 8.28. The summed E-state index contributed by atoms with van der Waals surface area (Å²) in [6.07, 6.45) is 2.26. The summed E-state index contributed by atoms with van der Waals surface area (Å²) in [6, 6.07) is 0. The van der Waals surface area contributed by atoms with Crippen molar-refractivity contribution >= 4 is 27.5 Å². The van der Waals surface area contributed by atoms with E-state index in [2.05, 4.69) is 0 Å². The number of carbonyl (C=O) groups excluding carboxylic acids is 1. The predicted octanol–water partition coefficient (Wildman–Crippen LogP) is 0.507. The molecule has 0 aliphatic carbocycles. The molecule has 4 radical (unpaired) electrons. The predicted molar refractivity (Wildman–Crippen MR) is 71.3 cm³/mol. The third-order valence-corrected chi connectivity index (χ3v) is 2.92. The molecule has 0 saturated carbocycles. The highest BCUT2D eigenvalue weighted by Gasteiger charge is 2.27. The minimum atomic E-state index is -0.483. The average Bonchev–Trinajstić information content (AvgIpc) is 2.52. The van der Waals surface area contributed by atoms with Crippen molar-refractivity contribution in [2.45, 2.75) is 39.3 Å². The molecule has 4 nitrogen and oxygen atoms in total. The van der Waals surface area contributed by atoms with Gasteiger partial charge in [0.15, 0.2) is 0 Å². The maximum absolute atomic E-state index is 12.0. The van der Waals surface area contributed by atoms with E-state index in [1.807, 2.05) is 27.0 Å². The fourth-order valence-corrected chi connectivity index (χ4v) is 2.04. The number of nitrogens with zero attached hydrogens (tertiary/aromatic N) is 2. The first-order valence-electron chi connectivity index (χ1n) is 5.99. The van der Waals surface area contributed by atoms with Gasteiger partial charge in [-0.05, 0) is 50.1 Å². The molecule has 1 aromatic rings. The van der Waals surface area contributed by atoms with Crippen LogP contribution in [0.4, 0.5) is 4.79 Å². The monoisotopic (exact) mass is 242 g/mol. The zero-order chi connectivity index (χ0) is 13.5. The highest BCUT2D eigenvalue weighted by molar-refractivity contribution is 6.35. The van der Waals surface area contributed by atoms with Crippen LogP contribution in [0.3, 0.4) is 0 Å². The fourth-order valence-electron chi connectivity index (χ4n) is 2.04. The van der Waals surface area contributed by atoms with Gasteiger partial charge in [-0.2, -0.15) is 0 Å². The highest BCUT2D eigenvalue weighted by atomic mass is 16.6. The number of ether oxygens (including phenoxy) is 1. The van der Waals surface area contributed by atoms with Crippen LogP contribution in [0.5, 0.6) is 0 Å². The molecule has 0 N–H and O–H groups in total. The molecule has 1 amide bonds. The zero-order valence-corrected chi connectivity index (χ0v) is 11.1. The van der Waals surface area contributed by atoms with Gasteiger partial charge in [0.2, 0.25) is 7.98 Å². The van der Waals surface area contributed by atoms with Crippen LogP contribution < -0.4 is 5.59 Å². The summed E-state index contributed by atoms with van der Waals surface area (Å²) >= 11 is 0. The van der Waals surface area contributed by atoms with E-state index in [1.165, 1.54) is 4.48 Å². The molecule has 0 fully saturated rings. The third-order valence-electron chi connectivity index (χ3n) is 2.92. The van der Waals surface area contributed by atoms with E-state index >= 15 is 0 Å². The summed E-state index contributed by atoms with van der Waals surface area (Å²) in [6.45, 7) is 6.65. The lowest BCUT2D eigenvalue weighted by Crippen LogP contribution is -2.41. The second-order valence-corrected chi connectivity index (χ2v) is 5.58. The van der Waals surface area contributed by atoms with Gasteiger partial charge in [-0.3, -0.25) is 0 Å². The van der Waals surface area contributed by atoms with Crippen molar-refractivity contribution in [2.75, 3.05) is 6.54 Å². The quantitative estimate of drug-likeness (QED) is 0.621. The van der Waals surface area contributed by atoms with Gasteiger partial charge in [-0.15, -0.1) is 0 Å². The molecular formula is C12H16B2N2O2. The Balaban J connectivity index is 2.12. The van der Waals surface area contributed by atoms with Gasteiger partial charge in [-0.25, -0.2) is 4.79 Å². The minimum absolute atomic E-state index is 0.308. The Labute approximate surface area is 110 Å². The van der Waals surface area contributed by atoms with Gasteiger partial charge in [0.1, 0.15) is 13.4 Å². The van der Waals surface area contributed by atoms with Crippen molar-refractivity contribution < 1.29 is 9.53 Å². The van der Waals surface area contributed by atoms with Gasteiger partial charge >= 0.3 is 6.09 Å². The summed E-state index contributed by atoms with van der Waals surface area (Å²) in [5, 5.41) is 0. The molecule has 1 aromatic heterocycles. The minimum Gasteiger partial charge on any atom is -0.444 e. The molecular weight excluding hydrogens is 226 g/mol. The van der Waals surface area contributed by atoms with E-state index in [0.29, 0.717) is 18.7 Å². The highest BCUT2D eigenvalue weighted by Crippen LogP contribution is 2.19. The van der Waals surface area contributed by atoms with E-state index in [9.17, 15) is 4.79 Å². The van der Waals surface area contributed by atoms with Crippen LogP contribution in [0.1, 0.15) is 31.9 Å². The number of rotatable bonds is 0. The molecule has 0 spiro atoms. The SMILES string of the molecule is [B]c1c2c(cn1[B])CCN(C(=O)OC(C)(C)C)C2. The molecule has 6 heteroatoms. The Morgan fingerprint density at radius 2 is 2.11 bits per heavy atom. The molecule has 1 aliphatic heterocycles. The fraction of sp³-hybridized carbons (Fsp3) is 0.583. The van der Waals surface area contributed by atoms with Crippen molar-refractivity contribution in [2.24, 2.45) is 0 Å². The number of hydrogen-bond acceptors (Lipinski definition) is 2. The van der Waals surface area contributed by atoms with E-state index in [0.717, 1.165) is 17.5 Å². The van der Waals surface area contributed by atoms with Crippen LogP contribution in [0.15, 0.2) is 6.20 Å². The summed E-state index contributed by atoms with van der Waals surface area (Å²) in [4.78, 5) is 13.6. The van der Waals surface area contributed by atoms with Gasteiger partial charge < -0.3 is 14.1 Å². The molecule has 0 saturated heterocycles. The van der Waals surface area contributed by atoms with Crippen molar-refractivity contribution in [1.29, 1.82) is 0 Å². The molecule has 0 atom stereocenters. The summed E-state index contributed by atoms with van der Waals surface area (Å²) in [7, 11) is 11.6. The zero-order valence-electron chi connectivity index (χ0n) is 11.1. The number of hydrogen-bond donors (Lipinski definition) is 0. The lowest BCUT2D eigenvalue weighted by atomic mass is 9.93. The molecule has 92 valence electrons. The molecule has 18 heavy (non-hydrogen) atoms. The Bertz CT molecular complexity index is 477. The lowest BCUT2D eigenvalue weighted by Gasteiger charge is -2.30. The Morgan fingerprint density at radius 3 is 2.72 bits per heavy atom. The van der Waals surface area contributed by atoms with Crippen molar-refractivity contribution in [3.63, 3.8) is 0 Å². The second-order valence-electron chi connectivity index (χ2n) is 5.58. The van der Waals surface area contributed by atoms with Crippen LogP contribution in [0.2, 0.25) is 0 Å². The van der Waals surface area contributed by atoms with E-state index < -0.39 is 5.60 Å². The largest absolute Gasteiger partial charge is 0.444 e. The maximum Gasteiger partial charge on any atom is 0.410 e. The second kappa shape index (κ2) is 4.41. The molecule has 2 heterocycles. The van der Waals surface area contributed by atoms with Crippen molar-refractivity contribution in [3.8, 4) is 0 Å². The van der Waals surface area contributed by atoms with Gasteiger partial charge in [-0.1, -0.05) is 0 Å². The molecule has 0 aromatic carbocycles. The summed E-state index contributed by atoms with van der Waals surface area (Å²) in [5.41, 5.74) is 2.06. The van der Waals surface area contributed by atoms with E-state index in [1.54, 1.807) is 4.90 Å². The first-order valence-corrected chi connectivity index (χ1v) is 5.99. The van der Waals surface area contributed by atoms with Gasteiger partial charge in [0.05, 0.1) is 6.54 Å². The van der Waals surface area contributed by atoms with Gasteiger partial charge in [0.25, 0.3) is 0 Å². The van der Waals surface area contributed by atoms with Crippen LogP contribution in [0, 0.1) is 0 Å². The Morgan fingerprint density at radius 1 is 1.44 bits per heavy atom. The van der Waals surface area contributed by atoms with E-state index in [-0.39, 0.29) is 6.09 Å². The normalized spacial score (nSPS) is 15.4. The first kappa shape index (κ1) is 13.1. The van der Waals surface area contributed by atoms with Crippen molar-refractivity contribution in [3.05, 3.63) is 17.3 Å². The van der Waals surface area contributed by atoms with Gasteiger partial charge in [0, 0.05) is 6.54 Å². The van der Waals surface area contributed by atoms with Crippen LogP contribution in [-0.2, 0) is 17.7 Å². The molecule has 0 bridgehead atoms. The van der Waals surface area contributed by atoms with Crippen LogP contribution in [0.25, 0.3) is 0 Å². The molecule has 1 aliphatic rings. The number of amides is 1. The molecule has 2 rings (SSSR count). The van der Waals surface area contributed by atoms with Crippen LogP contribution >= 0.6 is 0 Å². The summed E-state index contributed by atoms with van der Waals surface area (Å²) in [5.74, 6) is 0. The number of carbonyl (C=O) groups is 1. The van der Waals surface area contributed by atoms with Crippen LogP contribution in [-0.4, -0.2) is 43.4 Å². The van der Waals surface area contributed by atoms with Crippen molar-refractivity contribution in [1.82, 2.24) is 9.38 Å². The summed E-state index contributed by atoms with van der Waals surface area (Å²) < 4.78 is 6.75. The average molecular weight is 242 g/mol. The standard InChI is InChI=1S/C12H16B2N2O2/c1-12(2,3)18-11(17)15-5-4-8-6-16(14)10(13)9(8)7-15/h6H,4-5,7H2,1-3H3. The Kier molecular flexibility index (Phi) is 3.21. The maximum atomic E-state index is 12.0. The lowest BCUT2D eigenvalue weighted by molar-refractivity contribution is 0.0225.